The van der Waals surface area contributed by atoms with Gasteiger partial charge in [-0.2, -0.15) is 0 Å². The van der Waals surface area contributed by atoms with Crippen molar-refractivity contribution in [2.45, 2.75) is 4.90 Å². The Hall–Kier alpha value is -2.15. The van der Waals surface area contributed by atoms with E-state index in [-0.39, 0.29) is 11.7 Å². The Balaban J connectivity index is 1.88. The van der Waals surface area contributed by atoms with Crippen LogP contribution in [0.25, 0.3) is 0 Å². The van der Waals surface area contributed by atoms with Crippen molar-refractivity contribution >= 4 is 29.3 Å². The number of anilines is 2. The summed E-state index contributed by atoms with van der Waals surface area (Å²) in [7, 11) is 0. The predicted molar refractivity (Wildman–Crippen MR) is 70.0 cm³/mol. The molecule has 0 spiro atoms. The van der Waals surface area contributed by atoms with E-state index in [4.69, 9.17) is 5.73 Å². The van der Waals surface area contributed by atoms with Gasteiger partial charge in [-0.1, -0.05) is 0 Å². The van der Waals surface area contributed by atoms with E-state index >= 15 is 0 Å². The molecular weight excluding hydrogens is 250 g/mol. The number of amides is 1. The van der Waals surface area contributed by atoms with Crippen LogP contribution < -0.4 is 11.1 Å². The van der Waals surface area contributed by atoms with E-state index in [2.05, 4.69) is 20.3 Å². The molecule has 2 heterocycles. The van der Waals surface area contributed by atoms with E-state index in [1.807, 2.05) is 0 Å². The largest absolute Gasteiger partial charge is 0.397 e. The molecule has 3 N–H and O–H groups in total. The van der Waals surface area contributed by atoms with E-state index in [1.165, 1.54) is 11.8 Å². The smallest absolute Gasteiger partial charge is 0.237 e. The van der Waals surface area contributed by atoms with Gasteiger partial charge in [0.2, 0.25) is 11.9 Å². The van der Waals surface area contributed by atoms with Crippen LogP contribution >= 0.6 is 11.8 Å². The third-order valence-electron chi connectivity index (χ3n) is 1.99. The number of nitrogen functional groups attached to an aromatic ring is 1. The van der Waals surface area contributed by atoms with Gasteiger partial charge in [0.05, 0.1) is 17.6 Å². The van der Waals surface area contributed by atoms with Crippen molar-refractivity contribution in [1.29, 1.82) is 0 Å². The monoisotopic (exact) mass is 261 g/mol. The molecule has 18 heavy (non-hydrogen) atoms. The molecule has 0 bridgehead atoms. The number of carbonyl (C=O) groups is 1. The Morgan fingerprint density at radius 2 is 2.11 bits per heavy atom. The minimum Gasteiger partial charge on any atom is -0.397 e. The van der Waals surface area contributed by atoms with Crippen LogP contribution in [0.5, 0.6) is 0 Å². The number of thioether (sulfide) groups is 1. The van der Waals surface area contributed by atoms with Crippen LogP contribution in [0.4, 0.5) is 11.6 Å². The molecule has 2 aromatic heterocycles. The van der Waals surface area contributed by atoms with Gasteiger partial charge < -0.3 is 5.73 Å². The fourth-order valence-corrected chi connectivity index (χ4v) is 1.93. The van der Waals surface area contributed by atoms with Gasteiger partial charge in [-0.15, -0.1) is 11.8 Å². The quantitative estimate of drug-likeness (QED) is 0.803. The molecule has 0 aliphatic heterocycles. The number of hydrogen-bond donors (Lipinski definition) is 2. The summed E-state index contributed by atoms with van der Waals surface area (Å²) in [6.07, 6.45) is 6.32. The third-order valence-corrected chi connectivity index (χ3v) is 3.08. The maximum Gasteiger partial charge on any atom is 0.237 e. The normalized spacial score (nSPS) is 10.0. The van der Waals surface area contributed by atoms with Gasteiger partial charge in [-0.3, -0.25) is 15.1 Å². The van der Waals surface area contributed by atoms with Crippen LogP contribution in [0.15, 0.2) is 41.8 Å². The molecule has 0 atom stereocenters. The molecule has 0 saturated carbocycles. The molecule has 7 heteroatoms. The van der Waals surface area contributed by atoms with E-state index in [0.717, 1.165) is 4.90 Å². The lowest BCUT2D eigenvalue weighted by atomic mass is 10.4. The van der Waals surface area contributed by atoms with Gasteiger partial charge in [-0.05, 0) is 12.1 Å². The molecule has 0 aromatic carbocycles. The van der Waals surface area contributed by atoms with Crippen molar-refractivity contribution < 1.29 is 4.79 Å². The lowest BCUT2D eigenvalue weighted by Crippen LogP contribution is -2.15. The summed E-state index contributed by atoms with van der Waals surface area (Å²) in [4.78, 5) is 24.1. The molecular formula is C11H11N5OS. The number of nitrogens with two attached hydrogens (primary N) is 1. The van der Waals surface area contributed by atoms with Crippen molar-refractivity contribution in [2.75, 3.05) is 16.8 Å². The van der Waals surface area contributed by atoms with E-state index < -0.39 is 0 Å². The highest BCUT2D eigenvalue weighted by Crippen LogP contribution is 2.23. The zero-order valence-corrected chi connectivity index (χ0v) is 10.2. The van der Waals surface area contributed by atoms with E-state index in [1.54, 1.807) is 36.9 Å². The Morgan fingerprint density at radius 3 is 2.83 bits per heavy atom. The first-order valence-electron chi connectivity index (χ1n) is 5.15. The first-order valence-corrected chi connectivity index (χ1v) is 6.13. The molecule has 2 aromatic rings. The highest BCUT2D eigenvalue weighted by atomic mass is 32.2. The minimum atomic E-state index is -0.178. The van der Waals surface area contributed by atoms with Crippen molar-refractivity contribution in [3.8, 4) is 0 Å². The van der Waals surface area contributed by atoms with Crippen molar-refractivity contribution in [2.24, 2.45) is 0 Å². The summed E-state index contributed by atoms with van der Waals surface area (Å²) in [6, 6.07) is 3.45. The van der Waals surface area contributed by atoms with Gasteiger partial charge in [0, 0.05) is 23.5 Å². The van der Waals surface area contributed by atoms with Crippen LogP contribution in [0.1, 0.15) is 0 Å². The molecule has 0 unspecified atom stereocenters. The second-order valence-electron chi connectivity index (χ2n) is 3.32. The summed E-state index contributed by atoms with van der Waals surface area (Å²) in [5.74, 6) is 0.361. The van der Waals surface area contributed by atoms with Crippen molar-refractivity contribution in [1.82, 2.24) is 15.0 Å². The first-order chi connectivity index (χ1) is 8.75. The van der Waals surface area contributed by atoms with Gasteiger partial charge in [0.1, 0.15) is 0 Å². The molecule has 2 rings (SSSR count). The predicted octanol–water partition coefficient (Wildman–Crippen LogP) is 1.18. The zero-order chi connectivity index (χ0) is 12.8. The second-order valence-corrected chi connectivity index (χ2v) is 4.34. The van der Waals surface area contributed by atoms with Crippen molar-refractivity contribution in [3.05, 3.63) is 36.9 Å². The maximum atomic E-state index is 11.6. The highest BCUT2D eigenvalue weighted by Gasteiger charge is 2.06. The number of pyridine rings is 1. The summed E-state index contributed by atoms with van der Waals surface area (Å²) >= 11 is 1.34. The average molecular weight is 261 g/mol. The second kappa shape index (κ2) is 5.97. The van der Waals surface area contributed by atoms with Gasteiger partial charge in [0.25, 0.3) is 0 Å². The lowest BCUT2D eigenvalue weighted by Gasteiger charge is -2.04. The third kappa shape index (κ3) is 3.42. The Labute approximate surface area is 108 Å². The van der Waals surface area contributed by atoms with Gasteiger partial charge >= 0.3 is 0 Å². The Bertz CT molecular complexity index is 534. The molecule has 1 amide bonds. The SMILES string of the molecule is Nc1cnccc1SCC(=O)Nc1ncccn1. The van der Waals surface area contributed by atoms with Crippen molar-refractivity contribution in [3.63, 3.8) is 0 Å². The fraction of sp³-hybridized carbons (Fsp3) is 0.0909. The summed E-state index contributed by atoms with van der Waals surface area (Å²) in [6.45, 7) is 0. The Kier molecular flexibility index (Phi) is 4.08. The summed E-state index contributed by atoms with van der Waals surface area (Å²) < 4.78 is 0. The lowest BCUT2D eigenvalue weighted by molar-refractivity contribution is -0.113. The zero-order valence-electron chi connectivity index (χ0n) is 9.41. The van der Waals surface area contributed by atoms with Crippen LogP contribution in [0.3, 0.4) is 0 Å². The molecule has 0 aliphatic carbocycles. The number of rotatable bonds is 4. The number of aromatic nitrogens is 3. The van der Waals surface area contributed by atoms with Crippen LogP contribution in [-0.4, -0.2) is 26.6 Å². The van der Waals surface area contributed by atoms with Crippen LogP contribution in [0.2, 0.25) is 0 Å². The van der Waals surface area contributed by atoms with Crippen LogP contribution in [0, 0.1) is 0 Å². The van der Waals surface area contributed by atoms with Crippen LogP contribution in [-0.2, 0) is 4.79 Å². The van der Waals surface area contributed by atoms with Gasteiger partial charge in [0.15, 0.2) is 0 Å². The number of hydrogen-bond acceptors (Lipinski definition) is 6. The molecule has 0 radical (unpaired) electrons. The fourth-order valence-electron chi connectivity index (χ4n) is 1.19. The number of nitrogens with zero attached hydrogens (tertiary/aromatic N) is 3. The standard InChI is InChI=1S/C11H11N5OS/c12-8-6-13-5-2-9(8)18-7-10(17)16-11-14-3-1-4-15-11/h1-6H,7,12H2,(H,14,15,16,17). The van der Waals surface area contributed by atoms with E-state index in [9.17, 15) is 4.79 Å². The average Bonchev–Trinajstić information content (AvgIpc) is 2.39. The first kappa shape index (κ1) is 12.3. The molecule has 0 aliphatic rings. The Morgan fingerprint density at radius 1 is 1.33 bits per heavy atom. The molecule has 0 saturated heterocycles. The summed E-state index contributed by atoms with van der Waals surface area (Å²) in [5, 5.41) is 2.59. The number of nitrogens with one attached hydrogen (secondary N) is 1. The number of carbonyl (C=O) groups excluding carboxylic acids is 1. The van der Waals surface area contributed by atoms with Gasteiger partial charge in [-0.25, -0.2) is 9.97 Å². The topological polar surface area (TPSA) is 93.8 Å². The summed E-state index contributed by atoms with van der Waals surface area (Å²) in [5.41, 5.74) is 6.28. The van der Waals surface area contributed by atoms with E-state index in [0.29, 0.717) is 11.6 Å². The molecule has 92 valence electrons. The molecule has 0 fully saturated rings. The highest BCUT2D eigenvalue weighted by molar-refractivity contribution is 8.00. The maximum absolute atomic E-state index is 11.6. The molecule has 6 nitrogen and oxygen atoms in total. The minimum absolute atomic E-state index is 0.178.